The number of carbonyl (C=O) groups excluding carboxylic acids is 1. The Balaban J connectivity index is 1.57. The van der Waals surface area contributed by atoms with Gasteiger partial charge >= 0.3 is 0 Å². The molecule has 0 unspecified atom stereocenters. The standard InChI is InChI=1S/C23H29N3O2/c1-18-9-10-19(15-22(18)25-12-4-5-13-25)23(27)26(17-21-8-6-14-28-21)16-20-7-2-3-11-24-20/h2-3,7,9-11,15,21H,4-6,8,12-14,16-17H2,1H3/t21-/m0/s1. The number of hydrogen-bond acceptors (Lipinski definition) is 4. The van der Waals surface area contributed by atoms with Crippen LogP contribution in [0.2, 0.25) is 0 Å². The fraction of sp³-hybridized carbons (Fsp3) is 0.478. The molecule has 0 N–H and O–H groups in total. The highest BCUT2D eigenvalue weighted by Gasteiger charge is 2.25. The molecule has 5 nitrogen and oxygen atoms in total. The van der Waals surface area contributed by atoms with E-state index in [9.17, 15) is 4.79 Å². The zero-order valence-electron chi connectivity index (χ0n) is 16.6. The summed E-state index contributed by atoms with van der Waals surface area (Å²) in [5.74, 6) is 0.0570. The summed E-state index contributed by atoms with van der Waals surface area (Å²) in [6.45, 7) is 6.19. The van der Waals surface area contributed by atoms with Crippen molar-refractivity contribution in [2.75, 3.05) is 31.1 Å². The lowest BCUT2D eigenvalue weighted by molar-refractivity contribution is 0.0504. The number of ether oxygens (including phenoxy) is 1. The van der Waals surface area contributed by atoms with Gasteiger partial charge in [-0.2, -0.15) is 0 Å². The van der Waals surface area contributed by atoms with Crippen LogP contribution in [0, 0.1) is 6.92 Å². The average Bonchev–Trinajstić information content (AvgIpc) is 3.42. The fourth-order valence-electron chi connectivity index (χ4n) is 4.16. The number of benzene rings is 1. The highest BCUT2D eigenvalue weighted by atomic mass is 16.5. The van der Waals surface area contributed by atoms with Gasteiger partial charge < -0.3 is 14.5 Å². The van der Waals surface area contributed by atoms with Crippen LogP contribution >= 0.6 is 0 Å². The fourth-order valence-corrected chi connectivity index (χ4v) is 4.16. The molecule has 2 aromatic rings. The molecule has 2 fully saturated rings. The van der Waals surface area contributed by atoms with E-state index in [2.05, 4.69) is 28.9 Å². The van der Waals surface area contributed by atoms with E-state index in [1.807, 2.05) is 29.2 Å². The molecule has 2 aliphatic rings. The Bertz CT molecular complexity index is 797. The van der Waals surface area contributed by atoms with Crippen molar-refractivity contribution in [3.05, 3.63) is 59.4 Å². The summed E-state index contributed by atoms with van der Waals surface area (Å²) in [5.41, 5.74) is 4.08. The van der Waals surface area contributed by atoms with Crippen LogP contribution < -0.4 is 4.90 Å². The van der Waals surface area contributed by atoms with Crippen molar-refractivity contribution in [3.63, 3.8) is 0 Å². The Morgan fingerprint density at radius 3 is 2.79 bits per heavy atom. The number of aryl methyl sites for hydroxylation is 1. The van der Waals surface area contributed by atoms with Gasteiger partial charge in [0.1, 0.15) is 0 Å². The SMILES string of the molecule is Cc1ccc(C(=O)N(Cc2ccccn2)C[C@@H]2CCCO2)cc1N1CCCC1. The highest BCUT2D eigenvalue weighted by molar-refractivity contribution is 5.95. The quantitative estimate of drug-likeness (QED) is 0.766. The smallest absolute Gasteiger partial charge is 0.254 e. The molecule has 2 saturated heterocycles. The molecule has 0 bridgehead atoms. The third-order valence-corrected chi connectivity index (χ3v) is 5.72. The molecule has 1 aromatic heterocycles. The van der Waals surface area contributed by atoms with Crippen LogP contribution in [0.3, 0.4) is 0 Å². The molecule has 1 amide bonds. The van der Waals surface area contributed by atoms with Gasteiger partial charge in [-0.25, -0.2) is 0 Å². The number of pyridine rings is 1. The Morgan fingerprint density at radius 2 is 2.07 bits per heavy atom. The lowest BCUT2D eigenvalue weighted by Gasteiger charge is -2.26. The summed E-state index contributed by atoms with van der Waals surface area (Å²) in [7, 11) is 0. The van der Waals surface area contributed by atoms with Crippen molar-refractivity contribution < 1.29 is 9.53 Å². The van der Waals surface area contributed by atoms with E-state index in [0.717, 1.165) is 43.8 Å². The second-order valence-corrected chi connectivity index (χ2v) is 7.84. The Labute approximate surface area is 167 Å². The number of amides is 1. The molecular weight excluding hydrogens is 350 g/mol. The summed E-state index contributed by atoms with van der Waals surface area (Å²) < 4.78 is 5.81. The van der Waals surface area contributed by atoms with E-state index >= 15 is 0 Å². The molecule has 1 aromatic carbocycles. The van der Waals surface area contributed by atoms with Gasteiger partial charge in [-0.1, -0.05) is 12.1 Å². The van der Waals surface area contributed by atoms with E-state index in [1.54, 1.807) is 6.20 Å². The first-order chi connectivity index (χ1) is 13.7. The van der Waals surface area contributed by atoms with Gasteiger partial charge in [0.25, 0.3) is 5.91 Å². The minimum atomic E-state index is 0.0570. The van der Waals surface area contributed by atoms with Crippen molar-refractivity contribution in [3.8, 4) is 0 Å². The van der Waals surface area contributed by atoms with Gasteiger partial charge in [0.05, 0.1) is 18.3 Å². The van der Waals surface area contributed by atoms with Crippen molar-refractivity contribution in [1.29, 1.82) is 0 Å². The topological polar surface area (TPSA) is 45.7 Å². The van der Waals surface area contributed by atoms with Gasteiger partial charge in [0.15, 0.2) is 0 Å². The van der Waals surface area contributed by atoms with Crippen molar-refractivity contribution in [2.24, 2.45) is 0 Å². The molecule has 3 heterocycles. The Hall–Kier alpha value is -2.40. The first-order valence-corrected chi connectivity index (χ1v) is 10.4. The summed E-state index contributed by atoms with van der Waals surface area (Å²) >= 11 is 0. The van der Waals surface area contributed by atoms with Gasteiger partial charge in [-0.05, 0) is 62.4 Å². The molecule has 0 radical (unpaired) electrons. The summed E-state index contributed by atoms with van der Waals surface area (Å²) in [6, 6.07) is 11.9. The molecule has 5 heteroatoms. The molecule has 4 rings (SSSR count). The number of anilines is 1. The van der Waals surface area contributed by atoms with Crippen LogP contribution in [-0.4, -0.2) is 48.1 Å². The first kappa shape index (κ1) is 18.9. The normalized spacial score (nSPS) is 19.2. The number of aromatic nitrogens is 1. The number of nitrogens with zero attached hydrogens (tertiary/aromatic N) is 3. The maximum atomic E-state index is 13.4. The molecule has 0 spiro atoms. The third-order valence-electron chi connectivity index (χ3n) is 5.72. The van der Waals surface area contributed by atoms with E-state index in [1.165, 1.54) is 24.1 Å². The zero-order valence-corrected chi connectivity index (χ0v) is 16.6. The Kier molecular flexibility index (Phi) is 5.91. The number of rotatable bonds is 6. The molecular formula is C23H29N3O2. The summed E-state index contributed by atoms with van der Waals surface area (Å²) in [5, 5.41) is 0. The predicted molar refractivity (Wildman–Crippen MR) is 111 cm³/mol. The van der Waals surface area contributed by atoms with E-state index < -0.39 is 0 Å². The average molecular weight is 380 g/mol. The minimum absolute atomic E-state index is 0.0570. The minimum Gasteiger partial charge on any atom is -0.376 e. The lowest BCUT2D eigenvalue weighted by Crippen LogP contribution is -2.37. The Morgan fingerprint density at radius 1 is 1.21 bits per heavy atom. The highest BCUT2D eigenvalue weighted by Crippen LogP contribution is 2.26. The largest absolute Gasteiger partial charge is 0.376 e. The zero-order chi connectivity index (χ0) is 19.3. The van der Waals surface area contributed by atoms with Crippen LogP contribution in [0.5, 0.6) is 0 Å². The number of hydrogen-bond donors (Lipinski definition) is 0. The number of carbonyl (C=O) groups is 1. The van der Waals surface area contributed by atoms with Crippen molar-refractivity contribution in [2.45, 2.75) is 45.3 Å². The van der Waals surface area contributed by atoms with Gasteiger partial charge in [-0.15, -0.1) is 0 Å². The van der Waals surface area contributed by atoms with Crippen LogP contribution in [-0.2, 0) is 11.3 Å². The van der Waals surface area contributed by atoms with E-state index in [4.69, 9.17) is 4.74 Å². The predicted octanol–water partition coefficient (Wildman–Crippen LogP) is 3.81. The summed E-state index contributed by atoms with van der Waals surface area (Å²) in [6.07, 6.45) is 6.43. The molecule has 0 saturated carbocycles. The maximum Gasteiger partial charge on any atom is 0.254 e. The first-order valence-electron chi connectivity index (χ1n) is 10.4. The van der Waals surface area contributed by atoms with Crippen molar-refractivity contribution >= 4 is 11.6 Å². The summed E-state index contributed by atoms with van der Waals surface area (Å²) in [4.78, 5) is 22.2. The van der Waals surface area contributed by atoms with Crippen LogP contribution in [0.25, 0.3) is 0 Å². The molecule has 1 atom stereocenters. The van der Waals surface area contributed by atoms with Crippen LogP contribution in [0.4, 0.5) is 5.69 Å². The van der Waals surface area contributed by atoms with Gasteiger partial charge in [0.2, 0.25) is 0 Å². The second kappa shape index (κ2) is 8.74. The molecule has 148 valence electrons. The van der Waals surface area contributed by atoms with Crippen molar-refractivity contribution in [1.82, 2.24) is 9.88 Å². The third kappa shape index (κ3) is 4.36. The van der Waals surface area contributed by atoms with Gasteiger partial charge in [0, 0.05) is 43.7 Å². The monoisotopic (exact) mass is 379 g/mol. The lowest BCUT2D eigenvalue weighted by atomic mass is 10.1. The second-order valence-electron chi connectivity index (χ2n) is 7.84. The van der Waals surface area contributed by atoms with Crippen LogP contribution in [0.15, 0.2) is 42.6 Å². The maximum absolute atomic E-state index is 13.4. The molecule has 0 aliphatic carbocycles. The molecule has 2 aliphatic heterocycles. The van der Waals surface area contributed by atoms with Crippen LogP contribution in [0.1, 0.15) is 47.3 Å². The van der Waals surface area contributed by atoms with E-state index in [-0.39, 0.29) is 12.0 Å². The molecule has 28 heavy (non-hydrogen) atoms. The van der Waals surface area contributed by atoms with Gasteiger partial charge in [-0.3, -0.25) is 9.78 Å². The van der Waals surface area contributed by atoms with E-state index in [0.29, 0.717) is 13.1 Å².